The van der Waals surface area contributed by atoms with Crippen LogP contribution in [0.2, 0.25) is 0 Å². The fraction of sp³-hybridized carbons (Fsp3) is 0.476. The number of fused-ring (bicyclic) bond motifs is 2. The normalized spacial score (nSPS) is 20.2. The van der Waals surface area contributed by atoms with Crippen molar-refractivity contribution in [2.24, 2.45) is 0 Å². The second kappa shape index (κ2) is 21.4. The summed E-state index contributed by atoms with van der Waals surface area (Å²) in [5, 5.41) is 9.10. The number of allylic oxidation sites excluding steroid dienone is 8. The molecule has 2 aliphatic rings. The van der Waals surface area contributed by atoms with E-state index in [0.29, 0.717) is 81.1 Å². The van der Waals surface area contributed by atoms with Crippen molar-refractivity contribution in [2.75, 3.05) is 64.4 Å². The summed E-state index contributed by atoms with van der Waals surface area (Å²) in [6, 6.07) is 8.62. The van der Waals surface area contributed by atoms with Gasteiger partial charge >= 0.3 is 5.97 Å². The van der Waals surface area contributed by atoms with Gasteiger partial charge in [-0.2, -0.15) is 21.4 Å². The highest BCUT2D eigenvalue weighted by atomic mass is 32.2. The molecular formula is C42H56N2O14S3. The second-order valence-corrected chi connectivity index (χ2v) is 19.6. The van der Waals surface area contributed by atoms with Gasteiger partial charge in [-0.15, -0.1) is 0 Å². The summed E-state index contributed by atoms with van der Waals surface area (Å²) in [4.78, 5) is 12.4. The van der Waals surface area contributed by atoms with Gasteiger partial charge in [0.25, 0.3) is 20.2 Å². The second-order valence-electron chi connectivity index (χ2n) is 15.3. The van der Waals surface area contributed by atoms with E-state index < -0.39 is 57.8 Å². The predicted octanol–water partition coefficient (Wildman–Crippen LogP) is 5.54. The molecule has 19 heteroatoms. The van der Waals surface area contributed by atoms with Crippen LogP contribution in [-0.4, -0.2) is 120 Å². The lowest BCUT2D eigenvalue weighted by molar-refractivity contribution is -0.438. The molecule has 0 saturated heterocycles. The Morgan fingerprint density at radius 1 is 0.787 bits per heavy atom. The molecule has 0 aliphatic carbocycles. The van der Waals surface area contributed by atoms with Crippen LogP contribution in [0.1, 0.15) is 69.9 Å². The molecule has 2 unspecified atom stereocenters. The minimum absolute atomic E-state index is 0.0372. The zero-order chi connectivity index (χ0) is 45.1. The molecule has 2 heterocycles. The molecule has 336 valence electrons. The minimum atomic E-state index is -4.82. The molecule has 2 aliphatic heterocycles. The lowest BCUT2D eigenvalue weighted by Gasteiger charge is -2.30. The van der Waals surface area contributed by atoms with Crippen LogP contribution >= 0.6 is 0 Å². The van der Waals surface area contributed by atoms with Crippen LogP contribution in [-0.2, 0) is 60.2 Å². The van der Waals surface area contributed by atoms with Crippen LogP contribution < -0.4 is 4.90 Å². The van der Waals surface area contributed by atoms with Gasteiger partial charge in [-0.25, -0.2) is 8.42 Å². The van der Waals surface area contributed by atoms with Crippen molar-refractivity contribution in [1.29, 1.82) is 0 Å². The van der Waals surface area contributed by atoms with Crippen molar-refractivity contribution in [1.82, 2.24) is 0 Å². The summed E-state index contributed by atoms with van der Waals surface area (Å²) >= 11 is 0. The number of unbranched alkanes of at least 4 members (excludes halogenated alkanes) is 2. The minimum Gasteiger partial charge on any atom is -0.744 e. The number of benzene rings is 2. The van der Waals surface area contributed by atoms with Crippen LogP contribution in [0.3, 0.4) is 0 Å². The molecular weight excluding hydrogens is 853 g/mol. The quantitative estimate of drug-likeness (QED) is 0.0480. The lowest BCUT2D eigenvalue weighted by Crippen LogP contribution is -2.33. The third kappa shape index (κ3) is 13.0. The number of aliphatic carboxylic acids is 1. The molecule has 16 nitrogen and oxygen atoms in total. The van der Waals surface area contributed by atoms with Crippen LogP contribution in [0.15, 0.2) is 94.4 Å². The van der Waals surface area contributed by atoms with Crippen LogP contribution in [0.25, 0.3) is 0 Å². The largest absolute Gasteiger partial charge is 0.744 e. The first-order valence-corrected chi connectivity index (χ1v) is 24.2. The number of carboxylic acid groups (broad SMARTS) is 1. The van der Waals surface area contributed by atoms with Crippen molar-refractivity contribution in [3.05, 3.63) is 95.8 Å². The fourth-order valence-corrected chi connectivity index (χ4v) is 9.42. The van der Waals surface area contributed by atoms with Gasteiger partial charge in [0.1, 0.15) is 16.7 Å². The SMILES string of the molecule is COCCOCCN1/C(=C/C=C/C=C/C=C/C2=[N+](CCCCCC(=O)O)c3ccc(S(=O)(=O)O)cc3C2(C)CCOC)C(C)(CCCS(=O)(=O)O)c2cc(S(=O)(=O)[O-])ccc21. The summed E-state index contributed by atoms with van der Waals surface area (Å²) in [6.45, 7) is 5.99. The van der Waals surface area contributed by atoms with Crippen LogP contribution in [0.4, 0.5) is 11.4 Å². The molecule has 0 saturated carbocycles. The Morgan fingerprint density at radius 3 is 2.11 bits per heavy atom. The van der Waals surface area contributed by atoms with Gasteiger partial charge in [-0.3, -0.25) is 13.9 Å². The Bertz CT molecular complexity index is 2390. The third-order valence-electron chi connectivity index (χ3n) is 11.0. The van der Waals surface area contributed by atoms with Gasteiger partial charge in [0, 0.05) is 74.7 Å². The monoisotopic (exact) mass is 908 g/mol. The molecule has 2 aromatic carbocycles. The van der Waals surface area contributed by atoms with Crippen molar-refractivity contribution in [2.45, 2.75) is 79.4 Å². The van der Waals surface area contributed by atoms with Gasteiger partial charge in [0.05, 0.1) is 40.8 Å². The van der Waals surface area contributed by atoms with E-state index in [0.717, 1.165) is 11.4 Å². The number of anilines is 1. The third-order valence-corrected chi connectivity index (χ3v) is 13.5. The Hall–Kier alpha value is -4.05. The van der Waals surface area contributed by atoms with Crippen molar-refractivity contribution >= 4 is 53.4 Å². The highest BCUT2D eigenvalue weighted by Gasteiger charge is 2.48. The van der Waals surface area contributed by atoms with E-state index in [1.54, 1.807) is 50.7 Å². The van der Waals surface area contributed by atoms with E-state index in [-0.39, 0.29) is 30.8 Å². The molecule has 2 aromatic rings. The van der Waals surface area contributed by atoms with Gasteiger partial charge < -0.3 is 28.8 Å². The number of ether oxygens (including phenoxy) is 3. The van der Waals surface area contributed by atoms with Crippen molar-refractivity contribution < 1.29 is 67.6 Å². The maximum Gasteiger partial charge on any atom is 0.303 e. The lowest BCUT2D eigenvalue weighted by atomic mass is 9.76. The molecule has 0 spiro atoms. The summed E-state index contributed by atoms with van der Waals surface area (Å²) in [5.74, 6) is -1.39. The number of methoxy groups -OCH3 is 2. The predicted molar refractivity (Wildman–Crippen MR) is 229 cm³/mol. The first-order valence-electron chi connectivity index (χ1n) is 19.8. The summed E-state index contributed by atoms with van der Waals surface area (Å²) < 4.78 is 122. The Kier molecular flexibility index (Phi) is 17.4. The summed E-state index contributed by atoms with van der Waals surface area (Å²) in [7, 11) is -10.5. The maximum atomic E-state index is 12.2. The first kappa shape index (κ1) is 49.6. The molecule has 0 fully saturated rings. The zero-order valence-electron chi connectivity index (χ0n) is 34.9. The smallest absolute Gasteiger partial charge is 0.303 e. The first-order chi connectivity index (χ1) is 28.7. The average Bonchev–Trinajstić information content (AvgIpc) is 3.54. The van der Waals surface area contributed by atoms with Gasteiger partial charge in [-0.05, 0) is 87.9 Å². The number of rotatable bonds is 25. The molecule has 0 bridgehead atoms. The van der Waals surface area contributed by atoms with Gasteiger partial charge in [0.2, 0.25) is 5.69 Å². The van der Waals surface area contributed by atoms with Crippen LogP contribution in [0, 0.1) is 0 Å². The molecule has 2 atom stereocenters. The standard InChI is InChI=1S/C42H56N2O14S3/c1-41(21-13-29-59(47,48)49)34-30-32(60(50,51)52)18-20-37(34)44(24-26-58-28-27-57-4)38(41)14-9-6-5-7-10-15-39-42(2,22-25-56-3)35-31-33(61(53,54)55)17-19-36(35)43(39)23-12-8-11-16-40(45)46/h5-7,9-10,14-15,17-20,30-31H,8,11-13,16,21-29H2,1-4H3,(H3-,45,46,47,48,49,50,51,52,53,54,55). The van der Waals surface area contributed by atoms with E-state index in [4.69, 9.17) is 19.3 Å². The zero-order valence-corrected chi connectivity index (χ0v) is 37.3. The number of nitrogens with zero attached hydrogens (tertiary/aromatic N) is 2. The van der Waals surface area contributed by atoms with E-state index in [2.05, 4.69) is 4.58 Å². The molecule has 0 amide bonds. The maximum absolute atomic E-state index is 12.2. The summed E-state index contributed by atoms with van der Waals surface area (Å²) in [5.41, 5.74) is 2.44. The topological polar surface area (TPSA) is 237 Å². The van der Waals surface area contributed by atoms with Gasteiger partial charge in [-0.1, -0.05) is 30.4 Å². The number of hydrogen-bond acceptors (Lipinski definition) is 12. The molecule has 0 radical (unpaired) electrons. The van der Waals surface area contributed by atoms with Gasteiger partial charge in [0.15, 0.2) is 5.71 Å². The molecule has 61 heavy (non-hydrogen) atoms. The molecule has 4 rings (SSSR count). The Balaban J connectivity index is 1.71. The molecule has 0 aromatic heterocycles. The van der Waals surface area contributed by atoms with Crippen LogP contribution in [0.5, 0.6) is 0 Å². The highest BCUT2D eigenvalue weighted by molar-refractivity contribution is 7.86. The molecule has 3 N–H and O–H groups in total. The van der Waals surface area contributed by atoms with E-state index >= 15 is 0 Å². The average molecular weight is 909 g/mol. The van der Waals surface area contributed by atoms with Crippen molar-refractivity contribution in [3.63, 3.8) is 0 Å². The Labute approximate surface area is 359 Å². The number of carbonyl (C=O) groups is 1. The Morgan fingerprint density at radius 2 is 1.46 bits per heavy atom. The van der Waals surface area contributed by atoms with E-state index in [1.807, 2.05) is 37.0 Å². The van der Waals surface area contributed by atoms with E-state index in [9.17, 15) is 43.7 Å². The van der Waals surface area contributed by atoms with Crippen molar-refractivity contribution in [3.8, 4) is 0 Å². The number of hydrogen-bond donors (Lipinski definition) is 3. The number of carboxylic acids is 1. The highest BCUT2D eigenvalue weighted by Crippen LogP contribution is 2.51. The summed E-state index contributed by atoms with van der Waals surface area (Å²) in [6.07, 6.45) is 15.3. The van der Waals surface area contributed by atoms with E-state index in [1.165, 1.54) is 24.3 Å². The fourth-order valence-electron chi connectivity index (χ4n) is 7.91.